The average Bonchev–Trinajstić information content (AvgIpc) is 3.04. The smallest absolute Gasteiger partial charge is 0.345 e. The number of carbonyl (C=O) groups excluding carboxylic acids is 2. The number of carboxylic acid groups (broad SMARTS) is 1. The largest absolute Gasteiger partial charge is 0.479 e. The van der Waals surface area contributed by atoms with E-state index in [4.69, 9.17) is 9.84 Å². The Hall–Kier alpha value is -2.21. The molecule has 30 heavy (non-hydrogen) atoms. The Labute approximate surface area is 179 Å². The molecule has 2 N–H and O–H groups in total. The van der Waals surface area contributed by atoms with Crippen LogP contribution >= 0.6 is 0 Å². The maximum atomic E-state index is 12.3. The number of ether oxygens (including phenoxy) is 1. The summed E-state index contributed by atoms with van der Waals surface area (Å²) in [6.45, 7) is 7.02. The summed E-state index contributed by atoms with van der Waals surface area (Å²) in [5.74, 6) is -1.48. The quantitative estimate of drug-likeness (QED) is 0.319. The van der Waals surface area contributed by atoms with Gasteiger partial charge in [-0.2, -0.15) is 0 Å². The number of Topliss-reactive ketones (excluding diaryl/α,β-unsaturated/α-hetero) is 1. The van der Waals surface area contributed by atoms with Gasteiger partial charge in [0.05, 0.1) is 5.60 Å². The van der Waals surface area contributed by atoms with Crippen molar-refractivity contribution < 1.29 is 29.3 Å². The van der Waals surface area contributed by atoms with Gasteiger partial charge in [-0.05, 0) is 44.4 Å². The van der Waals surface area contributed by atoms with E-state index in [1.165, 1.54) is 6.92 Å². The second kappa shape index (κ2) is 13.2. The third kappa shape index (κ3) is 9.08. The molecule has 0 aromatic rings. The summed E-state index contributed by atoms with van der Waals surface area (Å²) in [6, 6.07) is 0. The van der Waals surface area contributed by atoms with E-state index >= 15 is 0 Å². The molecule has 1 aliphatic rings. The topological polar surface area (TPSA) is 101 Å². The molecule has 0 aliphatic heterocycles. The van der Waals surface area contributed by atoms with Crippen molar-refractivity contribution in [2.45, 2.75) is 83.3 Å². The fourth-order valence-electron chi connectivity index (χ4n) is 3.73. The Balaban J connectivity index is 2.54. The van der Waals surface area contributed by atoms with Gasteiger partial charge >= 0.3 is 11.9 Å². The Morgan fingerprint density at radius 1 is 1.33 bits per heavy atom. The predicted molar refractivity (Wildman–Crippen MR) is 116 cm³/mol. The SMILES string of the molecule is C=CC(O)(CC=C[C@H]1CCC(=O)[C@@H]1CC=CCCC(OC(C)=O)C(=O)O)CCCC. The van der Waals surface area contributed by atoms with E-state index in [1.807, 2.05) is 24.3 Å². The summed E-state index contributed by atoms with van der Waals surface area (Å²) < 4.78 is 4.77. The second-order valence-corrected chi connectivity index (χ2v) is 8.04. The summed E-state index contributed by atoms with van der Waals surface area (Å²) >= 11 is 0. The number of esters is 1. The standard InChI is InChI=1S/C24H36O6/c1-4-6-16-24(29,5-2)17-10-11-19-14-15-21(26)20(19)12-8-7-9-13-22(23(27)28)30-18(3)25/h5,7-8,10-11,19-20,22,29H,2,4,6,9,12-17H2,1,3H3,(H,27,28)/t19-,20+,22?,24?/m0/s1. The van der Waals surface area contributed by atoms with Crippen LogP contribution in [0.25, 0.3) is 0 Å². The molecule has 0 aromatic carbocycles. The van der Waals surface area contributed by atoms with E-state index in [0.29, 0.717) is 32.1 Å². The first-order valence-corrected chi connectivity index (χ1v) is 10.8. The van der Waals surface area contributed by atoms with Crippen molar-refractivity contribution in [3.63, 3.8) is 0 Å². The first kappa shape index (κ1) is 25.8. The first-order valence-electron chi connectivity index (χ1n) is 10.8. The normalized spacial score (nSPS) is 22.3. The van der Waals surface area contributed by atoms with Gasteiger partial charge in [0.1, 0.15) is 5.78 Å². The highest BCUT2D eigenvalue weighted by Gasteiger charge is 2.32. The van der Waals surface area contributed by atoms with Gasteiger partial charge in [0.15, 0.2) is 6.10 Å². The Kier molecular flexibility index (Phi) is 11.3. The van der Waals surface area contributed by atoms with Crippen molar-refractivity contribution >= 4 is 17.7 Å². The van der Waals surface area contributed by atoms with Crippen LogP contribution in [0.2, 0.25) is 0 Å². The van der Waals surface area contributed by atoms with Crippen LogP contribution in [0.3, 0.4) is 0 Å². The molecular weight excluding hydrogens is 384 g/mol. The van der Waals surface area contributed by atoms with Crippen LogP contribution in [0.4, 0.5) is 0 Å². The summed E-state index contributed by atoms with van der Waals surface area (Å²) in [6.07, 6.45) is 14.0. The number of rotatable bonds is 14. The molecule has 1 fully saturated rings. The fraction of sp³-hybridized carbons (Fsp3) is 0.625. The van der Waals surface area contributed by atoms with Crippen LogP contribution in [-0.2, 0) is 19.1 Å². The number of aliphatic carboxylic acids is 1. The number of ketones is 1. The van der Waals surface area contributed by atoms with Crippen molar-refractivity contribution in [1.82, 2.24) is 0 Å². The van der Waals surface area contributed by atoms with Gasteiger partial charge in [0, 0.05) is 19.3 Å². The van der Waals surface area contributed by atoms with Gasteiger partial charge in [-0.25, -0.2) is 4.79 Å². The molecule has 6 nitrogen and oxygen atoms in total. The summed E-state index contributed by atoms with van der Waals surface area (Å²) in [7, 11) is 0. The molecule has 1 aliphatic carbocycles. The maximum Gasteiger partial charge on any atom is 0.345 e. The molecule has 0 spiro atoms. The number of unbranched alkanes of at least 4 members (excludes halogenated alkanes) is 1. The number of hydrogen-bond acceptors (Lipinski definition) is 5. The predicted octanol–water partition coefficient (Wildman–Crippen LogP) is 4.38. The molecule has 0 bridgehead atoms. The number of carboxylic acids is 1. The zero-order chi connectivity index (χ0) is 22.6. The molecule has 4 atom stereocenters. The van der Waals surface area contributed by atoms with Crippen molar-refractivity contribution in [3.05, 3.63) is 37.0 Å². The minimum absolute atomic E-state index is 0.0892. The molecular formula is C24H36O6. The van der Waals surface area contributed by atoms with Crippen LogP contribution in [0.1, 0.15) is 71.6 Å². The molecule has 168 valence electrons. The minimum Gasteiger partial charge on any atom is -0.479 e. The highest BCUT2D eigenvalue weighted by Crippen LogP contribution is 2.33. The zero-order valence-electron chi connectivity index (χ0n) is 18.2. The maximum absolute atomic E-state index is 12.3. The van der Waals surface area contributed by atoms with Crippen LogP contribution in [0.15, 0.2) is 37.0 Å². The lowest BCUT2D eigenvalue weighted by Crippen LogP contribution is -2.25. The molecule has 1 saturated carbocycles. The third-order valence-corrected chi connectivity index (χ3v) is 5.59. The molecule has 1 rings (SSSR count). The molecule has 0 saturated heterocycles. The van der Waals surface area contributed by atoms with Gasteiger partial charge in [0.2, 0.25) is 0 Å². The van der Waals surface area contributed by atoms with Crippen LogP contribution < -0.4 is 0 Å². The Morgan fingerprint density at radius 2 is 2.07 bits per heavy atom. The third-order valence-electron chi connectivity index (χ3n) is 5.59. The Bertz CT molecular complexity index is 650. The van der Waals surface area contributed by atoms with E-state index in [0.717, 1.165) is 19.3 Å². The van der Waals surface area contributed by atoms with E-state index in [9.17, 15) is 19.5 Å². The van der Waals surface area contributed by atoms with Crippen LogP contribution in [-0.4, -0.2) is 39.6 Å². The molecule has 0 aromatic heterocycles. The van der Waals surface area contributed by atoms with E-state index in [1.54, 1.807) is 6.08 Å². The van der Waals surface area contributed by atoms with Crippen LogP contribution in [0, 0.1) is 11.8 Å². The van der Waals surface area contributed by atoms with Crippen molar-refractivity contribution in [2.75, 3.05) is 0 Å². The van der Waals surface area contributed by atoms with Crippen molar-refractivity contribution in [1.29, 1.82) is 0 Å². The van der Waals surface area contributed by atoms with E-state index < -0.39 is 23.6 Å². The molecule has 0 radical (unpaired) electrons. The van der Waals surface area contributed by atoms with Crippen LogP contribution in [0.5, 0.6) is 0 Å². The lowest BCUT2D eigenvalue weighted by molar-refractivity contribution is -0.162. The van der Waals surface area contributed by atoms with Gasteiger partial charge in [-0.15, -0.1) is 6.58 Å². The second-order valence-electron chi connectivity index (χ2n) is 8.04. The first-order chi connectivity index (χ1) is 14.2. The summed E-state index contributed by atoms with van der Waals surface area (Å²) in [5, 5.41) is 19.6. The number of aliphatic hydroxyl groups is 1. The number of carbonyl (C=O) groups is 3. The van der Waals surface area contributed by atoms with E-state index in [-0.39, 0.29) is 24.0 Å². The fourth-order valence-corrected chi connectivity index (χ4v) is 3.73. The van der Waals surface area contributed by atoms with Crippen molar-refractivity contribution in [2.24, 2.45) is 11.8 Å². The lowest BCUT2D eigenvalue weighted by Gasteiger charge is -2.23. The molecule has 0 heterocycles. The van der Waals surface area contributed by atoms with Crippen molar-refractivity contribution in [3.8, 4) is 0 Å². The van der Waals surface area contributed by atoms with Gasteiger partial charge in [-0.3, -0.25) is 9.59 Å². The Morgan fingerprint density at radius 3 is 2.67 bits per heavy atom. The number of allylic oxidation sites excluding steroid dienone is 3. The summed E-state index contributed by atoms with van der Waals surface area (Å²) in [5.41, 5.74) is -0.896. The monoisotopic (exact) mass is 420 g/mol. The van der Waals surface area contributed by atoms with Gasteiger partial charge in [0.25, 0.3) is 0 Å². The molecule has 2 unspecified atom stereocenters. The minimum atomic E-state index is -1.16. The summed E-state index contributed by atoms with van der Waals surface area (Å²) in [4.78, 5) is 34.3. The molecule has 6 heteroatoms. The zero-order valence-corrected chi connectivity index (χ0v) is 18.2. The molecule has 0 amide bonds. The average molecular weight is 421 g/mol. The highest BCUT2D eigenvalue weighted by atomic mass is 16.6. The van der Waals surface area contributed by atoms with Gasteiger partial charge < -0.3 is 14.9 Å². The highest BCUT2D eigenvalue weighted by molar-refractivity contribution is 5.83. The number of hydrogen-bond donors (Lipinski definition) is 2. The van der Waals surface area contributed by atoms with E-state index in [2.05, 4.69) is 13.5 Å². The lowest BCUT2D eigenvalue weighted by atomic mass is 9.89. The van der Waals surface area contributed by atoms with Gasteiger partial charge in [-0.1, -0.05) is 50.1 Å².